The first-order valence-electron chi connectivity index (χ1n) is 7.96. The van der Waals surface area contributed by atoms with E-state index in [1.807, 2.05) is 42.5 Å². The van der Waals surface area contributed by atoms with Crippen molar-refractivity contribution in [2.45, 2.75) is 13.2 Å². The van der Waals surface area contributed by atoms with Gasteiger partial charge in [0.1, 0.15) is 6.61 Å². The maximum absolute atomic E-state index is 6.37. The zero-order valence-electron chi connectivity index (χ0n) is 13.9. The maximum atomic E-state index is 6.37. The number of ether oxygens (including phenoxy) is 1. The quantitative estimate of drug-likeness (QED) is 0.364. The van der Waals surface area contributed by atoms with E-state index in [2.05, 4.69) is 21.2 Å². The summed E-state index contributed by atoms with van der Waals surface area (Å²) in [5.41, 5.74) is 2.71. The van der Waals surface area contributed by atoms with Crippen LogP contribution in [0.4, 0.5) is 5.69 Å². The number of benzene rings is 3. The van der Waals surface area contributed by atoms with E-state index in [-0.39, 0.29) is 0 Å². The van der Waals surface area contributed by atoms with Gasteiger partial charge in [0.25, 0.3) is 0 Å². The van der Waals surface area contributed by atoms with E-state index >= 15 is 0 Å². The summed E-state index contributed by atoms with van der Waals surface area (Å²) < 4.78 is 6.82. The van der Waals surface area contributed by atoms with Crippen LogP contribution in [0.15, 0.2) is 59.1 Å². The van der Waals surface area contributed by atoms with Gasteiger partial charge in [0, 0.05) is 16.0 Å². The van der Waals surface area contributed by atoms with Crippen LogP contribution in [0.25, 0.3) is 0 Å². The van der Waals surface area contributed by atoms with Gasteiger partial charge in [-0.05, 0) is 53.6 Å². The second-order valence-corrected chi connectivity index (χ2v) is 8.36. The Hall–Kier alpha value is -1.10. The van der Waals surface area contributed by atoms with Gasteiger partial charge < -0.3 is 10.1 Å². The van der Waals surface area contributed by atoms with Crippen LogP contribution in [0.2, 0.25) is 20.1 Å². The van der Waals surface area contributed by atoms with Crippen molar-refractivity contribution in [3.8, 4) is 5.75 Å². The van der Waals surface area contributed by atoms with Crippen LogP contribution in [0.3, 0.4) is 0 Å². The van der Waals surface area contributed by atoms with Crippen molar-refractivity contribution in [2.75, 3.05) is 5.32 Å². The van der Waals surface area contributed by atoms with Crippen molar-refractivity contribution in [1.29, 1.82) is 0 Å². The first-order valence-corrected chi connectivity index (χ1v) is 10.3. The molecule has 7 heteroatoms. The molecule has 1 N–H and O–H groups in total. The molecule has 0 aliphatic heterocycles. The lowest BCUT2D eigenvalue weighted by Crippen LogP contribution is -2.02. The van der Waals surface area contributed by atoms with Gasteiger partial charge in [0.15, 0.2) is 5.75 Å². The first kappa shape index (κ1) is 20.6. The SMILES string of the molecule is Clc1ccc(NCc2cc(Cl)c(OCc3ccc(Br)cc3)c(Cl)c2)c(Cl)c1. The predicted octanol–water partition coefficient (Wildman–Crippen LogP) is 8.25. The molecule has 0 aliphatic rings. The summed E-state index contributed by atoms with van der Waals surface area (Å²) in [4.78, 5) is 0. The van der Waals surface area contributed by atoms with Gasteiger partial charge in [-0.15, -0.1) is 0 Å². The molecule has 0 spiro atoms. The minimum atomic E-state index is 0.380. The summed E-state index contributed by atoms with van der Waals surface area (Å²) in [6, 6.07) is 16.8. The minimum Gasteiger partial charge on any atom is -0.486 e. The Morgan fingerprint density at radius 2 is 1.44 bits per heavy atom. The highest BCUT2D eigenvalue weighted by Crippen LogP contribution is 2.35. The molecular formula is C20H14BrCl4NO. The molecule has 3 rings (SSSR count). The molecule has 2 nitrogen and oxygen atoms in total. The average molecular weight is 506 g/mol. The molecule has 0 saturated carbocycles. The molecule has 3 aromatic carbocycles. The van der Waals surface area contributed by atoms with E-state index in [9.17, 15) is 0 Å². The summed E-state index contributed by atoms with van der Waals surface area (Å²) in [7, 11) is 0. The number of rotatable bonds is 6. The van der Waals surface area contributed by atoms with Gasteiger partial charge in [-0.3, -0.25) is 0 Å². The standard InChI is InChI=1S/C20H14BrCl4NO/c21-14-3-1-12(2-4-14)11-27-20-17(24)7-13(8-18(20)25)10-26-19-6-5-15(22)9-16(19)23/h1-9,26H,10-11H2. The fraction of sp³-hybridized carbons (Fsp3) is 0.100. The Kier molecular flexibility index (Phi) is 7.18. The molecular weight excluding hydrogens is 492 g/mol. The van der Waals surface area contributed by atoms with Gasteiger partial charge in [-0.25, -0.2) is 0 Å². The second-order valence-electron chi connectivity index (χ2n) is 5.78. The van der Waals surface area contributed by atoms with Gasteiger partial charge >= 0.3 is 0 Å². The van der Waals surface area contributed by atoms with E-state index in [1.54, 1.807) is 12.1 Å². The molecule has 0 saturated heterocycles. The molecule has 0 fully saturated rings. The molecule has 3 aromatic rings. The molecule has 27 heavy (non-hydrogen) atoms. The Morgan fingerprint density at radius 3 is 2.07 bits per heavy atom. The predicted molar refractivity (Wildman–Crippen MR) is 119 cm³/mol. The number of anilines is 1. The lowest BCUT2D eigenvalue weighted by molar-refractivity contribution is 0.306. The van der Waals surface area contributed by atoms with Crippen LogP contribution in [-0.4, -0.2) is 0 Å². The third-order valence-corrected chi connectivity index (χ3v) is 5.41. The van der Waals surface area contributed by atoms with Crippen molar-refractivity contribution < 1.29 is 4.74 Å². The van der Waals surface area contributed by atoms with Crippen molar-refractivity contribution in [3.05, 3.63) is 90.3 Å². The number of halogens is 5. The topological polar surface area (TPSA) is 21.3 Å². The lowest BCUT2D eigenvalue weighted by atomic mass is 10.2. The molecule has 0 radical (unpaired) electrons. The Balaban J connectivity index is 1.67. The van der Waals surface area contributed by atoms with Crippen LogP contribution in [0.1, 0.15) is 11.1 Å². The summed E-state index contributed by atoms with van der Waals surface area (Å²) in [6.45, 7) is 0.887. The third-order valence-electron chi connectivity index (χ3n) is 3.77. The second kappa shape index (κ2) is 9.40. The smallest absolute Gasteiger partial charge is 0.156 e. The largest absolute Gasteiger partial charge is 0.486 e. The van der Waals surface area contributed by atoms with Crippen LogP contribution in [-0.2, 0) is 13.2 Å². The lowest BCUT2D eigenvalue weighted by Gasteiger charge is -2.13. The van der Waals surface area contributed by atoms with E-state index < -0.39 is 0 Å². The van der Waals surface area contributed by atoms with Crippen molar-refractivity contribution >= 4 is 68.0 Å². The summed E-state index contributed by atoms with van der Waals surface area (Å²) in [5, 5.41) is 5.29. The molecule has 0 bridgehead atoms. The molecule has 0 amide bonds. The van der Waals surface area contributed by atoms with E-state index in [4.69, 9.17) is 51.1 Å². The van der Waals surface area contributed by atoms with Gasteiger partial charge in [-0.2, -0.15) is 0 Å². The fourth-order valence-corrected chi connectivity index (χ4v) is 3.80. The number of nitrogens with one attached hydrogen (secondary N) is 1. The number of hydrogen-bond acceptors (Lipinski definition) is 2. The molecule has 0 heterocycles. The molecule has 0 aromatic heterocycles. The Labute approximate surface area is 186 Å². The van der Waals surface area contributed by atoms with Gasteiger partial charge in [0.05, 0.1) is 20.8 Å². The zero-order valence-corrected chi connectivity index (χ0v) is 18.5. The van der Waals surface area contributed by atoms with Gasteiger partial charge in [0.2, 0.25) is 0 Å². The fourth-order valence-electron chi connectivity index (χ4n) is 2.42. The van der Waals surface area contributed by atoms with Crippen LogP contribution in [0.5, 0.6) is 5.75 Å². The zero-order chi connectivity index (χ0) is 19.4. The van der Waals surface area contributed by atoms with Crippen molar-refractivity contribution in [1.82, 2.24) is 0 Å². The summed E-state index contributed by atoms with van der Waals surface area (Å²) >= 11 is 28.2. The monoisotopic (exact) mass is 503 g/mol. The van der Waals surface area contributed by atoms with Crippen molar-refractivity contribution in [3.63, 3.8) is 0 Å². The highest BCUT2D eigenvalue weighted by Gasteiger charge is 2.11. The van der Waals surface area contributed by atoms with Gasteiger partial charge in [-0.1, -0.05) is 74.5 Å². The van der Waals surface area contributed by atoms with Crippen molar-refractivity contribution in [2.24, 2.45) is 0 Å². The maximum Gasteiger partial charge on any atom is 0.156 e. The molecule has 0 unspecified atom stereocenters. The first-order chi connectivity index (χ1) is 12.9. The molecule has 0 atom stereocenters. The highest BCUT2D eigenvalue weighted by molar-refractivity contribution is 9.10. The van der Waals surface area contributed by atoms with Crippen LogP contribution >= 0.6 is 62.3 Å². The molecule has 140 valence electrons. The Bertz CT molecular complexity index is 924. The summed E-state index contributed by atoms with van der Waals surface area (Å²) in [5.74, 6) is 0.467. The Morgan fingerprint density at radius 1 is 0.778 bits per heavy atom. The number of hydrogen-bond donors (Lipinski definition) is 1. The molecule has 0 aliphatic carbocycles. The van der Waals surface area contributed by atoms with E-state index in [0.717, 1.165) is 21.3 Å². The van der Waals surface area contributed by atoms with E-state index in [0.29, 0.717) is 39.0 Å². The van der Waals surface area contributed by atoms with Crippen LogP contribution < -0.4 is 10.1 Å². The minimum absolute atomic E-state index is 0.380. The van der Waals surface area contributed by atoms with E-state index in [1.165, 1.54) is 0 Å². The summed E-state index contributed by atoms with van der Waals surface area (Å²) in [6.07, 6.45) is 0. The van der Waals surface area contributed by atoms with Crippen LogP contribution in [0, 0.1) is 0 Å². The average Bonchev–Trinajstić information content (AvgIpc) is 2.62. The third kappa shape index (κ3) is 5.69. The normalized spacial score (nSPS) is 10.7. The highest BCUT2D eigenvalue weighted by atomic mass is 79.9.